The third kappa shape index (κ3) is 1.96. The maximum absolute atomic E-state index is 5.29. The van der Waals surface area contributed by atoms with Gasteiger partial charge in [0.2, 0.25) is 5.88 Å². The first-order valence-electron chi connectivity index (χ1n) is 4.73. The molecule has 0 N–H and O–H groups in total. The van der Waals surface area contributed by atoms with Crippen molar-refractivity contribution in [3.05, 3.63) is 18.3 Å². The summed E-state index contributed by atoms with van der Waals surface area (Å²) in [6.07, 6.45) is 1.77. The molecular formula is C10H14N2O2. The summed E-state index contributed by atoms with van der Waals surface area (Å²) >= 11 is 0. The summed E-state index contributed by atoms with van der Waals surface area (Å²) in [6.45, 7) is 3.47. The minimum absolute atomic E-state index is 0.661. The highest BCUT2D eigenvalue weighted by Gasteiger charge is 2.11. The summed E-state index contributed by atoms with van der Waals surface area (Å²) in [5.74, 6) is 0.661. The van der Waals surface area contributed by atoms with Gasteiger partial charge in [0.25, 0.3) is 0 Å². The van der Waals surface area contributed by atoms with Crippen molar-refractivity contribution in [3.63, 3.8) is 0 Å². The van der Waals surface area contributed by atoms with Crippen LogP contribution in [0.15, 0.2) is 18.3 Å². The molecule has 4 heteroatoms. The monoisotopic (exact) mass is 194 g/mol. The van der Waals surface area contributed by atoms with Crippen molar-refractivity contribution >= 4 is 5.69 Å². The predicted octanol–water partition coefficient (Wildman–Crippen LogP) is 0.927. The Labute approximate surface area is 83.5 Å². The molecule has 14 heavy (non-hydrogen) atoms. The molecule has 0 amide bonds. The van der Waals surface area contributed by atoms with E-state index in [1.54, 1.807) is 13.3 Å². The van der Waals surface area contributed by atoms with Crippen LogP contribution in [-0.4, -0.2) is 38.4 Å². The van der Waals surface area contributed by atoms with E-state index in [2.05, 4.69) is 9.88 Å². The number of pyridine rings is 1. The summed E-state index contributed by atoms with van der Waals surface area (Å²) in [6, 6.07) is 3.94. The van der Waals surface area contributed by atoms with Gasteiger partial charge in [-0.1, -0.05) is 0 Å². The number of morpholine rings is 1. The molecule has 2 rings (SSSR count). The van der Waals surface area contributed by atoms with Crippen LogP contribution in [0.1, 0.15) is 0 Å². The Morgan fingerprint density at radius 1 is 1.43 bits per heavy atom. The zero-order valence-electron chi connectivity index (χ0n) is 8.27. The van der Waals surface area contributed by atoms with E-state index in [1.165, 1.54) is 0 Å². The summed E-state index contributed by atoms with van der Waals surface area (Å²) in [4.78, 5) is 6.34. The molecule has 1 fully saturated rings. The normalized spacial score (nSPS) is 16.8. The van der Waals surface area contributed by atoms with Gasteiger partial charge in [0.05, 0.1) is 20.3 Å². The fourth-order valence-corrected chi connectivity index (χ4v) is 1.53. The molecule has 1 aromatic heterocycles. The van der Waals surface area contributed by atoms with Crippen LogP contribution in [0.2, 0.25) is 0 Å². The van der Waals surface area contributed by atoms with Gasteiger partial charge in [-0.3, -0.25) is 0 Å². The maximum atomic E-state index is 5.29. The number of aromatic nitrogens is 1. The zero-order chi connectivity index (χ0) is 9.80. The van der Waals surface area contributed by atoms with Gasteiger partial charge in [-0.2, -0.15) is 0 Å². The van der Waals surface area contributed by atoms with Crippen molar-refractivity contribution in [2.75, 3.05) is 38.3 Å². The lowest BCUT2D eigenvalue weighted by Crippen LogP contribution is -2.36. The SMILES string of the molecule is COc1cc(N2CCOCC2)ccn1. The van der Waals surface area contributed by atoms with Crippen LogP contribution in [0, 0.1) is 0 Å². The van der Waals surface area contributed by atoms with E-state index >= 15 is 0 Å². The van der Waals surface area contributed by atoms with E-state index in [1.807, 2.05) is 12.1 Å². The molecule has 1 aliphatic rings. The van der Waals surface area contributed by atoms with Crippen molar-refractivity contribution in [1.82, 2.24) is 4.98 Å². The first-order chi connectivity index (χ1) is 6.90. The number of methoxy groups -OCH3 is 1. The highest BCUT2D eigenvalue weighted by Crippen LogP contribution is 2.19. The molecule has 76 valence electrons. The molecule has 4 nitrogen and oxygen atoms in total. The largest absolute Gasteiger partial charge is 0.481 e. The van der Waals surface area contributed by atoms with Crippen LogP contribution in [-0.2, 0) is 4.74 Å². The van der Waals surface area contributed by atoms with Crippen molar-refractivity contribution in [2.24, 2.45) is 0 Å². The third-order valence-electron chi connectivity index (χ3n) is 2.30. The van der Waals surface area contributed by atoms with Crippen LogP contribution in [0.5, 0.6) is 5.88 Å². The molecule has 1 saturated heterocycles. The molecule has 0 aromatic carbocycles. The molecular weight excluding hydrogens is 180 g/mol. The number of rotatable bonds is 2. The minimum atomic E-state index is 0.661. The molecule has 1 aliphatic heterocycles. The van der Waals surface area contributed by atoms with Crippen LogP contribution >= 0.6 is 0 Å². The Morgan fingerprint density at radius 3 is 2.93 bits per heavy atom. The smallest absolute Gasteiger partial charge is 0.214 e. The number of hydrogen-bond donors (Lipinski definition) is 0. The second-order valence-corrected chi connectivity index (χ2v) is 3.16. The van der Waals surface area contributed by atoms with E-state index in [9.17, 15) is 0 Å². The van der Waals surface area contributed by atoms with Gasteiger partial charge in [0.1, 0.15) is 0 Å². The zero-order valence-corrected chi connectivity index (χ0v) is 8.27. The molecule has 0 spiro atoms. The first kappa shape index (κ1) is 9.27. The summed E-state index contributed by atoms with van der Waals surface area (Å²) < 4.78 is 10.4. The van der Waals surface area contributed by atoms with E-state index in [4.69, 9.17) is 9.47 Å². The number of ether oxygens (including phenoxy) is 2. The predicted molar refractivity (Wildman–Crippen MR) is 53.8 cm³/mol. The highest BCUT2D eigenvalue weighted by molar-refractivity contribution is 5.48. The molecule has 0 atom stereocenters. The van der Waals surface area contributed by atoms with Gasteiger partial charge in [0, 0.05) is 31.0 Å². The number of hydrogen-bond acceptors (Lipinski definition) is 4. The summed E-state index contributed by atoms with van der Waals surface area (Å²) in [5.41, 5.74) is 1.15. The third-order valence-corrected chi connectivity index (χ3v) is 2.30. The highest BCUT2D eigenvalue weighted by atomic mass is 16.5. The molecule has 1 aromatic rings. The van der Waals surface area contributed by atoms with Gasteiger partial charge in [-0.05, 0) is 6.07 Å². The lowest BCUT2D eigenvalue weighted by molar-refractivity contribution is 0.122. The molecule has 0 radical (unpaired) electrons. The number of nitrogens with zero attached hydrogens (tertiary/aromatic N) is 2. The Balaban J connectivity index is 2.13. The number of anilines is 1. The maximum Gasteiger partial charge on any atom is 0.214 e. The average Bonchev–Trinajstić information content (AvgIpc) is 2.30. The van der Waals surface area contributed by atoms with Crippen molar-refractivity contribution < 1.29 is 9.47 Å². The minimum Gasteiger partial charge on any atom is -0.481 e. The summed E-state index contributed by atoms with van der Waals surface area (Å²) in [7, 11) is 1.63. The van der Waals surface area contributed by atoms with E-state index in [-0.39, 0.29) is 0 Å². The van der Waals surface area contributed by atoms with Gasteiger partial charge < -0.3 is 14.4 Å². The average molecular weight is 194 g/mol. The van der Waals surface area contributed by atoms with Crippen LogP contribution in [0.3, 0.4) is 0 Å². The van der Waals surface area contributed by atoms with Gasteiger partial charge in [-0.25, -0.2) is 4.98 Å². The Morgan fingerprint density at radius 2 is 2.21 bits per heavy atom. The fraction of sp³-hybridized carbons (Fsp3) is 0.500. The lowest BCUT2D eigenvalue weighted by atomic mass is 10.3. The second-order valence-electron chi connectivity index (χ2n) is 3.16. The van der Waals surface area contributed by atoms with E-state index in [0.29, 0.717) is 5.88 Å². The van der Waals surface area contributed by atoms with Crippen molar-refractivity contribution in [3.8, 4) is 5.88 Å². The summed E-state index contributed by atoms with van der Waals surface area (Å²) in [5, 5.41) is 0. The van der Waals surface area contributed by atoms with Crippen LogP contribution < -0.4 is 9.64 Å². The molecule has 0 unspecified atom stereocenters. The van der Waals surface area contributed by atoms with E-state index < -0.39 is 0 Å². The van der Waals surface area contributed by atoms with Gasteiger partial charge >= 0.3 is 0 Å². The van der Waals surface area contributed by atoms with Crippen LogP contribution in [0.4, 0.5) is 5.69 Å². The molecule has 2 heterocycles. The quantitative estimate of drug-likeness (QED) is 0.701. The lowest BCUT2D eigenvalue weighted by Gasteiger charge is -2.28. The Bertz CT molecular complexity index is 298. The Kier molecular flexibility index (Phi) is 2.84. The van der Waals surface area contributed by atoms with E-state index in [0.717, 1.165) is 32.0 Å². The topological polar surface area (TPSA) is 34.6 Å². The fourth-order valence-electron chi connectivity index (χ4n) is 1.53. The second kappa shape index (κ2) is 4.28. The van der Waals surface area contributed by atoms with Crippen LogP contribution in [0.25, 0.3) is 0 Å². The Hall–Kier alpha value is -1.29. The van der Waals surface area contributed by atoms with Crippen molar-refractivity contribution in [2.45, 2.75) is 0 Å². The van der Waals surface area contributed by atoms with Gasteiger partial charge in [-0.15, -0.1) is 0 Å². The van der Waals surface area contributed by atoms with Gasteiger partial charge in [0.15, 0.2) is 0 Å². The molecule has 0 bridgehead atoms. The van der Waals surface area contributed by atoms with Crippen molar-refractivity contribution in [1.29, 1.82) is 0 Å². The standard InChI is InChI=1S/C10H14N2O2/c1-13-10-8-9(2-3-11-10)12-4-6-14-7-5-12/h2-3,8H,4-7H2,1H3. The first-order valence-corrected chi connectivity index (χ1v) is 4.73. The molecule has 0 saturated carbocycles. The molecule has 0 aliphatic carbocycles.